The maximum atomic E-state index is 11.7. The van der Waals surface area contributed by atoms with Crippen LogP contribution in [0.3, 0.4) is 0 Å². The van der Waals surface area contributed by atoms with Crippen LogP contribution in [0.1, 0.15) is 12.0 Å². The number of carbonyl (C=O) groups excluding carboxylic acids is 1. The molecule has 0 bridgehead atoms. The first-order valence-corrected chi connectivity index (χ1v) is 6.37. The van der Waals surface area contributed by atoms with E-state index in [-0.39, 0.29) is 18.7 Å². The zero-order valence-corrected chi connectivity index (χ0v) is 11.0. The molecule has 4 nitrogen and oxygen atoms in total. The summed E-state index contributed by atoms with van der Waals surface area (Å²) in [4.78, 5) is 13.4. The lowest BCUT2D eigenvalue weighted by Crippen LogP contribution is -2.32. The van der Waals surface area contributed by atoms with E-state index < -0.39 is 0 Å². The molecule has 1 amide bonds. The largest absolute Gasteiger partial charge is 0.444 e. The van der Waals surface area contributed by atoms with Gasteiger partial charge in [-0.05, 0) is 12.5 Å². The van der Waals surface area contributed by atoms with E-state index in [1.165, 1.54) is 0 Å². The van der Waals surface area contributed by atoms with Gasteiger partial charge >= 0.3 is 6.09 Å². The van der Waals surface area contributed by atoms with Gasteiger partial charge in [-0.1, -0.05) is 34.1 Å². The second kappa shape index (κ2) is 5.51. The molecule has 2 rings (SSSR count). The fourth-order valence-electron chi connectivity index (χ4n) is 1.80. The lowest BCUT2D eigenvalue weighted by atomic mass is 10.2. The quantitative estimate of drug-likeness (QED) is 0.910. The van der Waals surface area contributed by atoms with Gasteiger partial charge in [-0.3, -0.25) is 0 Å². The SMILES string of the molecule is NC1CCN(C(=O)OCc2ccccc2Br)C1. The molecule has 1 unspecified atom stereocenters. The third kappa shape index (κ3) is 3.20. The highest BCUT2D eigenvalue weighted by molar-refractivity contribution is 9.10. The number of amides is 1. The van der Waals surface area contributed by atoms with Crippen molar-refractivity contribution in [1.29, 1.82) is 0 Å². The van der Waals surface area contributed by atoms with E-state index in [0.29, 0.717) is 13.1 Å². The normalized spacial score (nSPS) is 19.4. The number of halogens is 1. The maximum absolute atomic E-state index is 11.7. The molecule has 1 aliphatic rings. The fourth-order valence-corrected chi connectivity index (χ4v) is 2.20. The topological polar surface area (TPSA) is 55.6 Å². The average molecular weight is 299 g/mol. The monoisotopic (exact) mass is 298 g/mol. The molecule has 2 N–H and O–H groups in total. The van der Waals surface area contributed by atoms with Crippen molar-refractivity contribution >= 4 is 22.0 Å². The first-order chi connectivity index (χ1) is 8.16. The van der Waals surface area contributed by atoms with Crippen molar-refractivity contribution in [1.82, 2.24) is 4.90 Å². The molecule has 5 heteroatoms. The molecule has 1 atom stereocenters. The van der Waals surface area contributed by atoms with E-state index in [1.807, 2.05) is 24.3 Å². The van der Waals surface area contributed by atoms with Crippen LogP contribution in [-0.4, -0.2) is 30.1 Å². The van der Waals surface area contributed by atoms with E-state index in [4.69, 9.17) is 10.5 Å². The molecule has 0 aromatic heterocycles. The first kappa shape index (κ1) is 12.4. The number of hydrogen-bond acceptors (Lipinski definition) is 3. The summed E-state index contributed by atoms with van der Waals surface area (Å²) in [5.41, 5.74) is 6.70. The molecule has 1 aliphatic heterocycles. The highest BCUT2D eigenvalue weighted by Crippen LogP contribution is 2.17. The lowest BCUT2D eigenvalue weighted by molar-refractivity contribution is 0.104. The number of nitrogens with zero attached hydrogens (tertiary/aromatic N) is 1. The number of rotatable bonds is 2. The summed E-state index contributed by atoms with van der Waals surface area (Å²) in [5.74, 6) is 0. The second-order valence-electron chi connectivity index (χ2n) is 4.14. The van der Waals surface area contributed by atoms with E-state index in [9.17, 15) is 4.79 Å². The molecule has 0 radical (unpaired) electrons. The van der Waals surface area contributed by atoms with E-state index in [0.717, 1.165) is 16.5 Å². The predicted octanol–water partition coefficient (Wildman–Crippen LogP) is 2.12. The molecular formula is C12H15BrN2O2. The van der Waals surface area contributed by atoms with Crippen LogP contribution >= 0.6 is 15.9 Å². The molecule has 1 heterocycles. The van der Waals surface area contributed by atoms with Gasteiger partial charge in [0.05, 0.1) is 0 Å². The second-order valence-corrected chi connectivity index (χ2v) is 5.00. The van der Waals surface area contributed by atoms with E-state index in [1.54, 1.807) is 4.90 Å². The van der Waals surface area contributed by atoms with Crippen LogP contribution in [0.5, 0.6) is 0 Å². The number of ether oxygens (including phenoxy) is 1. The summed E-state index contributed by atoms with van der Waals surface area (Å²) in [6.07, 6.45) is 0.568. The summed E-state index contributed by atoms with van der Waals surface area (Å²) >= 11 is 3.41. The van der Waals surface area contributed by atoms with Crippen molar-refractivity contribution in [2.24, 2.45) is 5.73 Å². The van der Waals surface area contributed by atoms with E-state index in [2.05, 4.69) is 15.9 Å². The summed E-state index contributed by atoms with van der Waals surface area (Å²) in [5, 5.41) is 0. The maximum Gasteiger partial charge on any atom is 0.410 e. The van der Waals surface area contributed by atoms with Crippen LogP contribution in [-0.2, 0) is 11.3 Å². The number of carbonyl (C=O) groups is 1. The van der Waals surface area contributed by atoms with Crippen molar-refractivity contribution in [2.75, 3.05) is 13.1 Å². The van der Waals surface area contributed by atoms with Crippen molar-refractivity contribution in [3.05, 3.63) is 34.3 Å². The summed E-state index contributed by atoms with van der Waals surface area (Å²) in [6, 6.07) is 7.78. The molecule has 1 aromatic rings. The van der Waals surface area contributed by atoms with Gasteiger partial charge in [0.25, 0.3) is 0 Å². The molecule has 1 fully saturated rings. The average Bonchev–Trinajstić information content (AvgIpc) is 2.74. The molecular weight excluding hydrogens is 284 g/mol. The lowest BCUT2D eigenvalue weighted by Gasteiger charge is -2.15. The Labute approximate surface area is 109 Å². The highest BCUT2D eigenvalue weighted by Gasteiger charge is 2.24. The van der Waals surface area contributed by atoms with Gasteiger partial charge in [0.15, 0.2) is 0 Å². The Balaban J connectivity index is 1.86. The summed E-state index contributed by atoms with van der Waals surface area (Å²) in [7, 11) is 0. The van der Waals surface area contributed by atoms with Gasteiger partial charge in [-0.15, -0.1) is 0 Å². The van der Waals surface area contributed by atoms with Crippen LogP contribution in [0.4, 0.5) is 4.79 Å². The number of nitrogens with two attached hydrogens (primary N) is 1. The van der Waals surface area contributed by atoms with Crippen molar-refractivity contribution < 1.29 is 9.53 Å². The summed E-state index contributed by atoms with van der Waals surface area (Å²) < 4.78 is 6.19. The van der Waals surface area contributed by atoms with Gasteiger partial charge in [-0.2, -0.15) is 0 Å². The zero-order valence-electron chi connectivity index (χ0n) is 9.43. The van der Waals surface area contributed by atoms with Crippen LogP contribution in [0, 0.1) is 0 Å². The predicted molar refractivity (Wildman–Crippen MR) is 68.5 cm³/mol. The van der Waals surface area contributed by atoms with Crippen molar-refractivity contribution in [2.45, 2.75) is 19.1 Å². The third-order valence-corrected chi connectivity index (χ3v) is 3.57. The standard InChI is InChI=1S/C12H15BrN2O2/c13-11-4-2-1-3-9(11)8-17-12(16)15-6-5-10(14)7-15/h1-4,10H,5-8,14H2. The van der Waals surface area contributed by atoms with Crippen LogP contribution in [0.2, 0.25) is 0 Å². The Morgan fingerprint density at radius 2 is 2.29 bits per heavy atom. The molecule has 17 heavy (non-hydrogen) atoms. The minimum Gasteiger partial charge on any atom is -0.444 e. The molecule has 0 spiro atoms. The minimum absolute atomic E-state index is 0.0889. The summed E-state index contributed by atoms with van der Waals surface area (Å²) in [6.45, 7) is 1.57. The highest BCUT2D eigenvalue weighted by atomic mass is 79.9. The molecule has 1 aromatic carbocycles. The van der Waals surface area contributed by atoms with Gasteiger partial charge in [0.1, 0.15) is 6.61 Å². The van der Waals surface area contributed by atoms with Gasteiger partial charge < -0.3 is 15.4 Å². The van der Waals surface area contributed by atoms with Crippen molar-refractivity contribution in [3.63, 3.8) is 0 Å². The van der Waals surface area contributed by atoms with E-state index >= 15 is 0 Å². The van der Waals surface area contributed by atoms with Crippen LogP contribution < -0.4 is 5.73 Å². The Kier molecular flexibility index (Phi) is 4.02. The number of benzene rings is 1. The van der Waals surface area contributed by atoms with Gasteiger partial charge in [0, 0.05) is 29.2 Å². The Morgan fingerprint density at radius 3 is 2.94 bits per heavy atom. The van der Waals surface area contributed by atoms with Crippen LogP contribution in [0.15, 0.2) is 28.7 Å². The Hall–Kier alpha value is -1.07. The zero-order chi connectivity index (χ0) is 12.3. The van der Waals surface area contributed by atoms with Gasteiger partial charge in [0.2, 0.25) is 0 Å². The first-order valence-electron chi connectivity index (χ1n) is 5.57. The minimum atomic E-state index is -0.284. The smallest absolute Gasteiger partial charge is 0.410 e. The molecule has 1 saturated heterocycles. The Bertz CT molecular complexity index is 411. The number of hydrogen-bond donors (Lipinski definition) is 1. The Morgan fingerprint density at radius 1 is 1.53 bits per heavy atom. The molecule has 92 valence electrons. The molecule has 0 aliphatic carbocycles. The third-order valence-electron chi connectivity index (χ3n) is 2.79. The van der Waals surface area contributed by atoms with Crippen molar-refractivity contribution in [3.8, 4) is 0 Å². The molecule has 0 saturated carbocycles. The van der Waals surface area contributed by atoms with Crippen LogP contribution in [0.25, 0.3) is 0 Å². The number of likely N-dealkylation sites (tertiary alicyclic amines) is 1. The fraction of sp³-hybridized carbons (Fsp3) is 0.417. The van der Waals surface area contributed by atoms with Gasteiger partial charge in [-0.25, -0.2) is 4.79 Å².